The molecule has 0 aromatic heterocycles. The van der Waals surface area contributed by atoms with E-state index in [1.807, 2.05) is 0 Å². The van der Waals surface area contributed by atoms with Crippen LogP contribution in [-0.2, 0) is 4.79 Å². The van der Waals surface area contributed by atoms with Crippen LogP contribution in [0.4, 0.5) is 0 Å². The fraction of sp³-hybridized carbons (Fsp3) is 0.889. The van der Waals surface area contributed by atoms with E-state index in [2.05, 4.69) is 0 Å². The minimum absolute atomic E-state index is 0.0729. The van der Waals surface area contributed by atoms with E-state index in [0.29, 0.717) is 0 Å². The number of primary amides is 1. The second-order valence-corrected chi connectivity index (χ2v) is 3.85. The second-order valence-electron chi connectivity index (χ2n) is 3.85. The van der Waals surface area contributed by atoms with E-state index in [1.54, 1.807) is 0 Å². The quantitative estimate of drug-likeness (QED) is 0.645. The number of amides is 1. The van der Waals surface area contributed by atoms with Gasteiger partial charge in [-0.2, -0.15) is 0 Å². The highest BCUT2D eigenvalue weighted by atomic mass is 16.3. The zero-order valence-electron chi connectivity index (χ0n) is 7.55. The molecule has 1 saturated carbocycles. The Morgan fingerprint density at radius 3 is 2.33 bits per heavy atom. The standard InChI is InChI=1S/C9H17NO2/c1-9(12,8(10)11)7-5-3-2-4-6-7/h7,12H,2-6H2,1H3,(H2,10,11). The highest BCUT2D eigenvalue weighted by Crippen LogP contribution is 2.32. The molecule has 0 saturated heterocycles. The Kier molecular flexibility index (Phi) is 2.73. The smallest absolute Gasteiger partial charge is 0.249 e. The van der Waals surface area contributed by atoms with Crippen LogP contribution < -0.4 is 5.73 Å². The van der Waals surface area contributed by atoms with Crippen molar-refractivity contribution in [2.45, 2.75) is 44.6 Å². The predicted octanol–water partition coefficient (Wildman–Crippen LogP) is 0.803. The number of rotatable bonds is 2. The topological polar surface area (TPSA) is 63.3 Å². The van der Waals surface area contributed by atoms with Crippen molar-refractivity contribution >= 4 is 5.91 Å². The molecule has 3 heteroatoms. The molecule has 1 rings (SSSR count). The van der Waals surface area contributed by atoms with Crippen molar-refractivity contribution < 1.29 is 9.90 Å². The first-order valence-corrected chi connectivity index (χ1v) is 4.57. The summed E-state index contributed by atoms with van der Waals surface area (Å²) in [6, 6.07) is 0. The largest absolute Gasteiger partial charge is 0.380 e. The monoisotopic (exact) mass is 171 g/mol. The lowest BCUT2D eigenvalue weighted by Gasteiger charge is -2.32. The van der Waals surface area contributed by atoms with E-state index in [-0.39, 0.29) is 5.92 Å². The normalized spacial score (nSPS) is 24.8. The van der Waals surface area contributed by atoms with Crippen LogP contribution in [0.3, 0.4) is 0 Å². The summed E-state index contributed by atoms with van der Waals surface area (Å²) in [7, 11) is 0. The van der Waals surface area contributed by atoms with Crippen molar-refractivity contribution in [3.05, 3.63) is 0 Å². The maximum absolute atomic E-state index is 10.9. The highest BCUT2D eigenvalue weighted by Gasteiger charge is 2.37. The summed E-state index contributed by atoms with van der Waals surface area (Å²) >= 11 is 0. The molecule has 12 heavy (non-hydrogen) atoms. The van der Waals surface area contributed by atoms with E-state index in [0.717, 1.165) is 25.7 Å². The number of nitrogens with two attached hydrogens (primary N) is 1. The highest BCUT2D eigenvalue weighted by molar-refractivity contribution is 5.83. The summed E-state index contributed by atoms with van der Waals surface area (Å²) in [5.41, 5.74) is 3.82. The molecule has 1 aliphatic rings. The first-order chi connectivity index (χ1) is 5.55. The third-order valence-corrected chi connectivity index (χ3v) is 2.90. The molecule has 0 heterocycles. The van der Waals surface area contributed by atoms with Crippen LogP contribution in [0.1, 0.15) is 39.0 Å². The van der Waals surface area contributed by atoms with Gasteiger partial charge in [-0.3, -0.25) is 4.79 Å². The number of aliphatic hydroxyl groups is 1. The van der Waals surface area contributed by atoms with Crippen molar-refractivity contribution in [3.8, 4) is 0 Å². The first kappa shape index (κ1) is 9.52. The molecule has 1 amide bonds. The maximum atomic E-state index is 10.9. The van der Waals surface area contributed by atoms with Gasteiger partial charge in [-0.25, -0.2) is 0 Å². The van der Waals surface area contributed by atoms with Gasteiger partial charge in [0.15, 0.2) is 0 Å². The van der Waals surface area contributed by atoms with Crippen molar-refractivity contribution in [1.82, 2.24) is 0 Å². The van der Waals surface area contributed by atoms with Gasteiger partial charge < -0.3 is 10.8 Å². The molecular formula is C9H17NO2. The first-order valence-electron chi connectivity index (χ1n) is 4.57. The minimum Gasteiger partial charge on any atom is -0.380 e. The van der Waals surface area contributed by atoms with Gasteiger partial charge in [0.25, 0.3) is 0 Å². The molecule has 3 N–H and O–H groups in total. The number of hydrogen-bond donors (Lipinski definition) is 2. The molecular weight excluding hydrogens is 154 g/mol. The molecule has 70 valence electrons. The summed E-state index contributed by atoms with van der Waals surface area (Å²) in [6.07, 6.45) is 5.28. The summed E-state index contributed by atoms with van der Waals surface area (Å²) in [5.74, 6) is -0.516. The zero-order valence-corrected chi connectivity index (χ0v) is 7.55. The Morgan fingerprint density at radius 2 is 1.92 bits per heavy atom. The molecule has 0 aromatic rings. The lowest BCUT2D eigenvalue weighted by atomic mass is 9.77. The van der Waals surface area contributed by atoms with Gasteiger partial charge in [0.05, 0.1) is 0 Å². The molecule has 0 bridgehead atoms. The van der Waals surface area contributed by atoms with Crippen LogP contribution in [0.5, 0.6) is 0 Å². The van der Waals surface area contributed by atoms with Crippen molar-refractivity contribution in [2.24, 2.45) is 11.7 Å². The second kappa shape index (κ2) is 3.44. The van der Waals surface area contributed by atoms with Gasteiger partial charge in [-0.1, -0.05) is 19.3 Å². The Morgan fingerprint density at radius 1 is 1.42 bits per heavy atom. The summed E-state index contributed by atoms with van der Waals surface area (Å²) < 4.78 is 0. The summed E-state index contributed by atoms with van der Waals surface area (Å²) in [4.78, 5) is 10.9. The average molecular weight is 171 g/mol. The van der Waals surface area contributed by atoms with E-state index in [9.17, 15) is 9.90 Å². The third-order valence-electron chi connectivity index (χ3n) is 2.90. The van der Waals surface area contributed by atoms with Crippen molar-refractivity contribution in [2.75, 3.05) is 0 Å². The van der Waals surface area contributed by atoms with Gasteiger partial charge >= 0.3 is 0 Å². The predicted molar refractivity (Wildman–Crippen MR) is 46.4 cm³/mol. The van der Waals surface area contributed by atoms with Gasteiger partial charge in [-0.05, 0) is 25.7 Å². The fourth-order valence-corrected chi connectivity index (χ4v) is 1.87. The summed E-state index contributed by atoms with van der Waals surface area (Å²) in [6.45, 7) is 1.53. The molecule has 0 spiro atoms. The summed E-state index contributed by atoms with van der Waals surface area (Å²) in [5, 5.41) is 9.74. The van der Waals surface area contributed by atoms with E-state index >= 15 is 0 Å². The Balaban J connectivity index is 2.59. The molecule has 3 nitrogen and oxygen atoms in total. The van der Waals surface area contributed by atoms with E-state index < -0.39 is 11.5 Å². The van der Waals surface area contributed by atoms with Gasteiger partial charge in [0.1, 0.15) is 5.60 Å². The Hall–Kier alpha value is -0.570. The maximum Gasteiger partial charge on any atom is 0.249 e. The lowest BCUT2D eigenvalue weighted by Crippen LogP contribution is -2.47. The Bertz CT molecular complexity index is 171. The molecule has 1 fully saturated rings. The Labute approximate surface area is 72.9 Å². The molecule has 0 radical (unpaired) electrons. The fourth-order valence-electron chi connectivity index (χ4n) is 1.87. The molecule has 1 atom stereocenters. The van der Waals surface area contributed by atoms with E-state index in [4.69, 9.17) is 5.73 Å². The van der Waals surface area contributed by atoms with Crippen LogP contribution in [0.15, 0.2) is 0 Å². The van der Waals surface area contributed by atoms with Crippen LogP contribution >= 0.6 is 0 Å². The number of carbonyl (C=O) groups is 1. The van der Waals surface area contributed by atoms with Gasteiger partial charge in [0, 0.05) is 0 Å². The van der Waals surface area contributed by atoms with Gasteiger partial charge in [0.2, 0.25) is 5.91 Å². The van der Waals surface area contributed by atoms with Crippen molar-refractivity contribution in [3.63, 3.8) is 0 Å². The van der Waals surface area contributed by atoms with Crippen molar-refractivity contribution in [1.29, 1.82) is 0 Å². The third kappa shape index (κ3) is 1.78. The number of carbonyl (C=O) groups excluding carboxylic acids is 1. The molecule has 0 aromatic carbocycles. The minimum atomic E-state index is -1.29. The lowest BCUT2D eigenvalue weighted by molar-refractivity contribution is -0.141. The van der Waals surface area contributed by atoms with Crippen LogP contribution in [0.25, 0.3) is 0 Å². The average Bonchev–Trinajstić information content (AvgIpc) is 2.06. The van der Waals surface area contributed by atoms with E-state index in [1.165, 1.54) is 13.3 Å². The molecule has 1 unspecified atom stereocenters. The zero-order chi connectivity index (χ0) is 9.19. The van der Waals surface area contributed by atoms with Crippen LogP contribution in [-0.4, -0.2) is 16.6 Å². The van der Waals surface area contributed by atoms with Crippen LogP contribution in [0.2, 0.25) is 0 Å². The molecule has 1 aliphatic carbocycles. The number of hydrogen-bond acceptors (Lipinski definition) is 2. The van der Waals surface area contributed by atoms with Crippen LogP contribution in [0, 0.1) is 5.92 Å². The molecule has 0 aliphatic heterocycles. The SMILES string of the molecule is CC(O)(C(N)=O)C1CCCCC1. The van der Waals surface area contributed by atoms with Gasteiger partial charge in [-0.15, -0.1) is 0 Å².